The number of hydrogen-bond acceptors (Lipinski definition) is 7. The molecule has 2 aliphatic heterocycles. The second-order valence-corrected chi connectivity index (χ2v) is 10.3. The number of carbonyl (C=O) groups excluding carboxylic acids is 1. The van der Waals surface area contributed by atoms with Crippen LogP contribution in [0.1, 0.15) is 44.1 Å². The highest BCUT2D eigenvalue weighted by atomic mass is 32.2. The number of hydrogen-bond donors (Lipinski definition) is 2. The van der Waals surface area contributed by atoms with Crippen LogP contribution in [0.3, 0.4) is 0 Å². The van der Waals surface area contributed by atoms with Crippen molar-refractivity contribution in [3.05, 3.63) is 35.4 Å². The van der Waals surface area contributed by atoms with Crippen molar-refractivity contribution in [2.45, 2.75) is 63.5 Å². The van der Waals surface area contributed by atoms with Gasteiger partial charge in [0.25, 0.3) is 0 Å². The first-order valence-corrected chi connectivity index (χ1v) is 12.2. The zero-order valence-corrected chi connectivity index (χ0v) is 19.9. The summed E-state index contributed by atoms with van der Waals surface area (Å²) in [6.07, 6.45) is 7.45. The number of nitrogens with one attached hydrogen (secondary N) is 2. The number of aromatic amines is 1. The van der Waals surface area contributed by atoms with E-state index in [9.17, 15) is 4.79 Å². The lowest BCUT2D eigenvalue weighted by Crippen LogP contribution is -2.60. The molecule has 0 spiro atoms. The first-order valence-electron chi connectivity index (χ1n) is 11.0. The molecule has 4 heterocycles. The van der Waals surface area contributed by atoms with Crippen LogP contribution in [-0.2, 0) is 24.3 Å². The molecule has 2 aromatic heterocycles. The predicted octanol–water partition coefficient (Wildman–Crippen LogP) is 2.55. The van der Waals surface area contributed by atoms with Crippen molar-refractivity contribution in [2.24, 2.45) is 5.92 Å². The van der Waals surface area contributed by atoms with Crippen LogP contribution in [0.25, 0.3) is 0 Å². The predicted molar refractivity (Wildman–Crippen MR) is 124 cm³/mol. The maximum Gasteiger partial charge on any atom is 0.227 e. The van der Waals surface area contributed by atoms with Crippen LogP contribution < -0.4 is 5.32 Å². The molecule has 0 aliphatic carbocycles. The Hall–Kier alpha value is -2.13. The van der Waals surface area contributed by atoms with Crippen LogP contribution in [0.4, 0.5) is 5.95 Å². The number of carbonyl (C=O) groups is 1. The molecule has 9 heteroatoms. The first kappa shape index (κ1) is 22.1. The minimum atomic E-state index is -0.105. The molecule has 2 aliphatic rings. The van der Waals surface area contributed by atoms with Crippen molar-refractivity contribution in [1.29, 1.82) is 0 Å². The van der Waals surface area contributed by atoms with Gasteiger partial charge in [-0.3, -0.25) is 9.89 Å². The summed E-state index contributed by atoms with van der Waals surface area (Å²) >= 11 is 1.82. The molecule has 1 unspecified atom stereocenters. The highest BCUT2D eigenvalue weighted by Crippen LogP contribution is 2.43. The zero-order chi connectivity index (χ0) is 22.2. The molecular formula is C22H33N7OS. The zero-order valence-electron chi connectivity index (χ0n) is 19.1. The number of aromatic nitrogens is 4. The number of fused-ring (bicyclic) bond motifs is 1. The molecule has 0 radical (unpaired) electrons. The molecule has 0 aromatic carbocycles. The van der Waals surface area contributed by atoms with Crippen LogP contribution in [0.2, 0.25) is 0 Å². The number of amides is 1. The third kappa shape index (κ3) is 4.17. The quantitative estimate of drug-likeness (QED) is 0.734. The van der Waals surface area contributed by atoms with E-state index in [0.29, 0.717) is 25.1 Å². The van der Waals surface area contributed by atoms with Gasteiger partial charge in [0.15, 0.2) is 0 Å². The van der Waals surface area contributed by atoms with Gasteiger partial charge >= 0.3 is 0 Å². The maximum absolute atomic E-state index is 13.8. The number of thioether (sulfide) groups is 1. The summed E-state index contributed by atoms with van der Waals surface area (Å²) in [6, 6.07) is 2.41. The summed E-state index contributed by atoms with van der Waals surface area (Å²) < 4.78 is -0.105. The van der Waals surface area contributed by atoms with Crippen LogP contribution in [0, 0.1) is 5.92 Å². The topological polar surface area (TPSA) is 90.0 Å². The molecule has 1 saturated heterocycles. The van der Waals surface area contributed by atoms with Gasteiger partial charge in [-0.05, 0) is 65.1 Å². The average Bonchev–Trinajstić information content (AvgIpc) is 3.29. The number of anilines is 1. The molecule has 1 fully saturated rings. The molecule has 2 aromatic rings. The van der Waals surface area contributed by atoms with Gasteiger partial charge in [0.05, 0.1) is 30.4 Å². The Balaban J connectivity index is 1.52. The Labute approximate surface area is 188 Å². The lowest BCUT2D eigenvalue weighted by Gasteiger charge is -2.50. The number of H-pyrrole nitrogens is 1. The van der Waals surface area contributed by atoms with E-state index < -0.39 is 0 Å². The Bertz CT molecular complexity index is 921. The summed E-state index contributed by atoms with van der Waals surface area (Å²) in [5.74, 6) is 0.857. The Morgan fingerprint density at radius 1 is 1.42 bits per heavy atom. The van der Waals surface area contributed by atoms with Crippen molar-refractivity contribution in [3.8, 4) is 0 Å². The van der Waals surface area contributed by atoms with E-state index >= 15 is 0 Å². The molecule has 8 nitrogen and oxygen atoms in total. The fraction of sp³-hybridized carbons (Fsp3) is 0.636. The minimum Gasteiger partial charge on any atom is -0.349 e. The molecule has 31 heavy (non-hydrogen) atoms. The van der Waals surface area contributed by atoms with Gasteiger partial charge in [-0.15, -0.1) is 0 Å². The van der Waals surface area contributed by atoms with E-state index in [1.807, 2.05) is 28.9 Å². The standard InChI is InChI=1S/C22H33N7OS/c1-14-10-16-11-23-21(24-12-17-6-8-25-27-17)26-19(16)13-29(14)20(30)18-7-9-28(4)15(2)22(18,3)31-5/h6,8,11,14-15,18H,7,9-10,12-13H2,1-5H3,(H,25,27)(H,23,24,26)/t14-,15?,18+,22+/m1/s1. The number of likely N-dealkylation sites (tertiary alicyclic amines) is 1. The van der Waals surface area contributed by atoms with Crippen LogP contribution in [0.5, 0.6) is 0 Å². The van der Waals surface area contributed by atoms with Gasteiger partial charge in [-0.25, -0.2) is 9.97 Å². The van der Waals surface area contributed by atoms with Gasteiger partial charge < -0.3 is 15.1 Å². The van der Waals surface area contributed by atoms with E-state index in [2.05, 4.69) is 59.5 Å². The first-order chi connectivity index (χ1) is 14.8. The minimum absolute atomic E-state index is 0.0116. The van der Waals surface area contributed by atoms with E-state index in [-0.39, 0.29) is 22.6 Å². The van der Waals surface area contributed by atoms with Crippen molar-refractivity contribution in [1.82, 2.24) is 30.0 Å². The molecule has 0 bridgehead atoms. The van der Waals surface area contributed by atoms with Crippen molar-refractivity contribution in [3.63, 3.8) is 0 Å². The fourth-order valence-electron chi connectivity index (χ4n) is 4.86. The molecule has 4 rings (SSSR count). The largest absolute Gasteiger partial charge is 0.349 e. The van der Waals surface area contributed by atoms with Gasteiger partial charge in [0, 0.05) is 29.2 Å². The number of nitrogens with zero attached hydrogens (tertiary/aromatic N) is 5. The average molecular weight is 444 g/mol. The molecule has 1 amide bonds. The molecule has 0 saturated carbocycles. The molecule has 2 N–H and O–H groups in total. The van der Waals surface area contributed by atoms with Crippen LogP contribution in [-0.4, -0.2) is 72.6 Å². The highest BCUT2D eigenvalue weighted by molar-refractivity contribution is 8.00. The fourth-order valence-corrected chi connectivity index (χ4v) is 5.88. The molecule has 4 atom stereocenters. The van der Waals surface area contributed by atoms with Gasteiger partial charge in [-0.2, -0.15) is 16.9 Å². The second kappa shape index (κ2) is 8.78. The summed E-state index contributed by atoms with van der Waals surface area (Å²) in [6.45, 7) is 8.72. The lowest BCUT2D eigenvalue weighted by atomic mass is 9.79. The highest BCUT2D eigenvalue weighted by Gasteiger charge is 2.49. The van der Waals surface area contributed by atoms with Crippen LogP contribution >= 0.6 is 11.8 Å². The van der Waals surface area contributed by atoms with Gasteiger partial charge in [0.2, 0.25) is 11.9 Å². The third-order valence-electron chi connectivity index (χ3n) is 7.29. The van der Waals surface area contributed by atoms with E-state index in [4.69, 9.17) is 4.98 Å². The smallest absolute Gasteiger partial charge is 0.227 e. The Morgan fingerprint density at radius 3 is 2.94 bits per heavy atom. The lowest BCUT2D eigenvalue weighted by molar-refractivity contribution is -0.142. The van der Waals surface area contributed by atoms with Crippen molar-refractivity contribution < 1.29 is 4.79 Å². The monoisotopic (exact) mass is 443 g/mol. The normalized spacial score (nSPS) is 28.9. The van der Waals surface area contributed by atoms with E-state index in [0.717, 1.165) is 36.3 Å². The second-order valence-electron chi connectivity index (χ2n) is 9.01. The molecule has 168 valence electrons. The SMILES string of the molecule is CS[C@@]1(C)C(C)N(C)CC[C@H]1C(=O)N1Cc2nc(NCc3ccn[nH]3)ncc2C[C@H]1C. The van der Waals surface area contributed by atoms with Crippen LogP contribution in [0.15, 0.2) is 18.5 Å². The summed E-state index contributed by atoms with van der Waals surface area (Å²) in [4.78, 5) is 27.4. The maximum atomic E-state index is 13.8. The summed E-state index contributed by atoms with van der Waals surface area (Å²) in [5.41, 5.74) is 3.05. The van der Waals surface area contributed by atoms with E-state index in [1.54, 1.807) is 6.20 Å². The summed E-state index contributed by atoms with van der Waals surface area (Å²) in [7, 11) is 2.16. The van der Waals surface area contributed by atoms with Gasteiger partial charge in [0.1, 0.15) is 0 Å². The van der Waals surface area contributed by atoms with Crippen molar-refractivity contribution >= 4 is 23.6 Å². The number of piperidine rings is 1. The van der Waals surface area contributed by atoms with E-state index in [1.165, 1.54) is 0 Å². The Morgan fingerprint density at radius 2 is 2.23 bits per heavy atom. The Kier molecular flexibility index (Phi) is 6.25. The number of rotatable bonds is 5. The molecular weight excluding hydrogens is 410 g/mol. The third-order valence-corrected chi connectivity index (χ3v) is 8.80. The van der Waals surface area contributed by atoms with Crippen molar-refractivity contribution in [2.75, 3.05) is 25.2 Å². The summed E-state index contributed by atoms with van der Waals surface area (Å²) in [5, 5.41) is 10.1. The van der Waals surface area contributed by atoms with Gasteiger partial charge in [-0.1, -0.05) is 0 Å².